The number of carbonyl (C=O) groups is 1. The number of hydrogen-bond donors (Lipinski definition) is 3. The molecule has 1 aliphatic carbocycles. The van der Waals surface area contributed by atoms with Crippen LogP contribution in [0.25, 0.3) is 11.0 Å². The molecule has 1 heterocycles. The molecule has 3 N–H and O–H groups in total. The molecule has 0 aliphatic heterocycles. The van der Waals surface area contributed by atoms with Crippen LogP contribution in [0.4, 0.5) is 0 Å². The van der Waals surface area contributed by atoms with Crippen molar-refractivity contribution < 1.29 is 10.0 Å². The van der Waals surface area contributed by atoms with Gasteiger partial charge in [-0.05, 0) is 44.7 Å². The fourth-order valence-electron chi connectivity index (χ4n) is 3.86. The van der Waals surface area contributed by atoms with Crippen molar-refractivity contribution in [1.82, 2.24) is 20.2 Å². The summed E-state index contributed by atoms with van der Waals surface area (Å²) in [6.45, 7) is 6.63. The second-order valence-electron chi connectivity index (χ2n) is 7.50. The van der Waals surface area contributed by atoms with Crippen molar-refractivity contribution in [3.8, 4) is 0 Å². The maximum Gasteiger partial charge on any atom is 0.289 e. The van der Waals surface area contributed by atoms with E-state index >= 15 is 0 Å². The van der Waals surface area contributed by atoms with E-state index in [9.17, 15) is 10.0 Å². The van der Waals surface area contributed by atoms with E-state index in [1.54, 1.807) is 0 Å². The summed E-state index contributed by atoms with van der Waals surface area (Å²) in [6, 6.07) is 8.03. The first-order valence-corrected chi connectivity index (χ1v) is 9.77. The molecule has 0 spiro atoms. The summed E-state index contributed by atoms with van der Waals surface area (Å²) in [5.41, 5.74) is 1.68. The molecule has 0 saturated heterocycles. The maximum atomic E-state index is 13.1. The van der Waals surface area contributed by atoms with Crippen molar-refractivity contribution in [2.24, 2.45) is 11.1 Å². The van der Waals surface area contributed by atoms with E-state index < -0.39 is 0 Å². The Kier molecular flexibility index (Phi) is 5.98. The lowest BCUT2D eigenvalue weighted by Gasteiger charge is -2.37. The van der Waals surface area contributed by atoms with Gasteiger partial charge in [0.2, 0.25) is 0 Å². The molecule has 1 saturated carbocycles. The van der Waals surface area contributed by atoms with Crippen LogP contribution in [0.5, 0.6) is 0 Å². The normalized spacial score (nSPS) is 20.8. The molecule has 0 radical (unpaired) electrons. The number of hydrogen-bond acceptors (Lipinski definition) is 4. The highest BCUT2D eigenvalue weighted by molar-refractivity contribution is 5.94. The fourth-order valence-corrected chi connectivity index (χ4v) is 3.86. The number of nitrogens with one attached hydrogen (secondary N) is 2. The lowest BCUT2D eigenvalue weighted by molar-refractivity contribution is 0.0622. The van der Waals surface area contributed by atoms with Gasteiger partial charge in [-0.3, -0.25) is 4.79 Å². The van der Waals surface area contributed by atoms with Crippen LogP contribution in [0.2, 0.25) is 0 Å². The molecule has 1 amide bonds. The van der Waals surface area contributed by atoms with Gasteiger partial charge in [0.15, 0.2) is 5.82 Å². The summed E-state index contributed by atoms with van der Waals surface area (Å²) in [4.78, 5) is 22.6. The van der Waals surface area contributed by atoms with Gasteiger partial charge in [-0.15, -0.1) is 0 Å². The molecule has 1 aromatic carbocycles. The van der Waals surface area contributed by atoms with Crippen LogP contribution in [0.1, 0.15) is 57.1 Å². The molecule has 27 heavy (non-hydrogen) atoms. The van der Waals surface area contributed by atoms with Gasteiger partial charge in [-0.1, -0.05) is 31.1 Å². The van der Waals surface area contributed by atoms with Gasteiger partial charge in [0.05, 0.1) is 11.0 Å². The fraction of sp³-hybridized carbons (Fsp3) is 0.550. The Labute approximate surface area is 159 Å². The standard InChI is InChI=1S/C20H29N5O2/c1-4-25(20(26)19-22-16-10-5-6-11-17(16)23-19)15-9-7-8-14(12-15)21-18(24-27)13(2)3/h5-6,10-11,13-15,27H,4,7-9,12H2,1-3H3,(H,21,24)(H,22,23)/t14-,15+/m1/s1. The summed E-state index contributed by atoms with van der Waals surface area (Å²) >= 11 is 0. The average molecular weight is 371 g/mol. The highest BCUT2D eigenvalue weighted by Crippen LogP contribution is 2.25. The van der Waals surface area contributed by atoms with Crippen molar-refractivity contribution >= 4 is 22.8 Å². The van der Waals surface area contributed by atoms with Gasteiger partial charge < -0.3 is 20.4 Å². The summed E-state index contributed by atoms with van der Waals surface area (Å²) in [6.07, 6.45) is 3.86. The topological polar surface area (TPSA) is 93.6 Å². The van der Waals surface area contributed by atoms with Crippen LogP contribution in [0.3, 0.4) is 0 Å². The van der Waals surface area contributed by atoms with Crippen molar-refractivity contribution in [3.63, 3.8) is 0 Å². The summed E-state index contributed by atoms with van der Waals surface area (Å²) in [5.74, 6) is 1.08. The third kappa shape index (κ3) is 4.23. The Balaban J connectivity index is 1.73. The van der Waals surface area contributed by atoms with Gasteiger partial charge in [-0.25, -0.2) is 4.98 Å². The number of aromatic nitrogens is 2. The van der Waals surface area contributed by atoms with E-state index in [0.29, 0.717) is 18.2 Å². The van der Waals surface area contributed by atoms with Gasteiger partial charge >= 0.3 is 0 Å². The zero-order chi connectivity index (χ0) is 19.4. The number of aromatic amines is 1. The van der Waals surface area contributed by atoms with Crippen molar-refractivity contribution in [1.29, 1.82) is 0 Å². The van der Waals surface area contributed by atoms with Crippen LogP contribution in [-0.2, 0) is 0 Å². The van der Waals surface area contributed by atoms with Gasteiger partial charge in [0, 0.05) is 24.5 Å². The lowest BCUT2D eigenvalue weighted by Crippen LogP contribution is -2.48. The number of imidazole rings is 1. The zero-order valence-corrected chi connectivity index (χ0v) is 16.3. The van der Waals surface area contributed by atoms with Crippen molar-refractivity contribution in [2.45, 2.75) is 58.5 Å². The second kappa shape index (κ2) is 8.41. The van der Waals surface area contributed by atoms with E-state index in [1.807, 2.05) is 49.9 Å². The van der Waals surface area contributed by atoms with Crippen LogP contribution in [0, 0.1) is 5.92 Å². The Morgan fingerprint density at radius 1 is 1.41 bits per heavy atom. The van der Waals surface area contributed by atoms with E-state index in [2.05, 4.69) is 20.4 Å². The first-order chi connectivity index (χ1) is 13.0. The molecule has 146 valence electrons. The molecule has 3 rings (SSSR count). The van der Waals surface area contributed by atoms with E-state index in [4.69, 9.17) is 0 Å². The summed E-state index contributed by atoms with van der Waals surface area (Å²) < 4.78 is 0. The number of benzene rings is 1. The minimum Gasteiger partial charge on any atom is -0.409 e. The second-order valence-corrected chi connectivity index (χ2v) is 7.50. The van der Waals surface area contributed by atoms with E-state index in [0.717, 1.165) is 36.7 Å². The Morgan fingerprint density at radius 3 is 2.85 bits per heavy atom. The Morgan fingerprint density at radius 2 is 2.19 bits per heavy atom. The van der Waals surface area contributed by atoms with E-state index in [1.165, 1.54) is 0 Å². The largest absolute Gasteiger partial charge is 0.409 e. The summed E-state index contributed by atoms with van der Waals surface area (Å²) in [5, 5.41) is 15.9. The Hall–Kier alpha value is -2.57. The Bertz CT molecular complexity index is 781. The quantitative estimate of drug-likeness (QED) is 0.325. The first kappa shape index (κ1) is 19.2. The number of rotatable bonds is 5. The van der Waals surface area contributed by atoms with Gasteiger partial charge in [-0.2, -0.15) is 0 Å². The molecule has 7 nitrogen and oxygen atoms in total. The number of carbonyl (C=O) groups excluding carboxylic acids is 1. The number of amides is 1. The third-order valence-corrected chi connectivity index (χ3v) is 5.29. The minimum absolute atomic E-state index is 0.0562. The zero-order valence-electron chi connectivity index (χ0n) is 16.3. The smallest absolute Gasteiger partial charge is 0.289 e. The molecular weight excluding hydrogens is 342 g/mol. The minimum atomic E-state index is -0.0562. The van der Waals surface area contributed by atoms with E-state index in [-0.39, 0.29) is 23.9 Å². The summed E-state index contributed by atoms with van der Waals surface area (Å²) in [7, 11) is 0. The SMILES string of the molecule is CCN(C(=O)c1nc2ccccc2[nH]1)[C@H]1CCC[C@@H](N/C(=N\O)C(C)C)C1. The average Bonchev–Trinajstić information content (AvgIpc) is 3.11. The number of para-hydroxylation sites is 2. The number of amidine groups is 1. The number of H-pyrrole nitrogens is 1. The molecule has 1 aliphatic rings. The highest BCUT2D eigenvalue weighted by atomic mass is 16.4. The highest BCUT2D eigenvalue weighted by Gasteiger charge is 2.31. The molecule has 1 fully saturated rings. The van der Waals surface area contributed by atoms with Crippen LogP contribution >= 0.6 is 0 Å². The molecule has 1 aromatic heterocycles. The number of oxime groups is 1. The molecule has 2 aromatic rings. The molecular formula is C20H29N5O2. The molecule has 0 unspecified atom stereocenters. The lowest BCUT2D eigenvalue weighted by atomic mass is 9.89. The van der Waals surface area contributed by atoms with Crippen LogP contribution in [0.15, 0.2) is 29.4 Å². The van der Waals surface area contributed by atoms with Gasteiger partial charge in [0.1, 0.15) is 5.84 Å². The predicted molar refractivity (Wildman–Crippen MR) is 106 cm³/mol. The monoisotopic (exact) mass is 371 g/mol. The van der Waals surface area contributed by atoms with Crippen molar-refractivity contribution in [2.75, 3.05) is 6.54 Å². The maximum absolute atomic E-state index is 13.1. The van der Waals surface area contributed by atoms with Crippen LogP contribution in [-0.4, -0.2) is 50.4 Å². The molecule has 2 atom stereocenters. The number of nitrogens with zero attached hydrogens (tertiary/aromatic N) is 3. The van der Waals surface area contributed by atoms with Crippen molar-refractivity contribution in [3.05, 3.63) is 30.1 Å². The first-order valence-electron chi connectivity index (χ1n) is 9.77. The predicted octanol–water partition coefficient (Wildman–Crippen LogP) is 3.37. The molecule has 7 heteroatoms. The van der Waals surface area contributed by atoms with Crippen LogP contribution < -0.4 is 5.32 Å². The molecule has 0 bridgehead atoms. The number of fused-ring (bicyclic) bond motifs is 1. The third-order valence-electron chi connectivity index (χ3n) is 5.29. The van der Waals surface area contributed by atoms with Gasteiger partial charge in [0.25, 0.3) is 5.91 Å².